The Hall–Kier alpha value is -2.04. The van der Waals surface area contributed by atoms with E-state index >= 15 is 0 Å². The van der Waals surface area contributed by atoms with Gasteiger partial charge in [-0.15, -0.1) is 0 Å². The molecule has 5 heteroatoms. The standard InChI is InChI=1S/C16H23N3O2/c1-4-19(10-15(20)17-3)16(21)13-9-12-7-5-6-8-14(12)18-11(13)2/h5-8,11,13,18H,4,9-10H2,1-3H3,(H,17,20). The largest absolute Gasteiger partial charge is 0.382 e. The Morgan fingerprint density at radius 2 is 2.10 bits per heavy atom. The molecule has 2 N–H and O–H groups in total. The zero-order chi connectivity index (χ0) is 15.4. The van der Waals surface area contributed by atoms with Gasteiger partial charge in [0.15, 0.2) is 0 Å². The average Bonchev–Trinajstić information content (AvgIpc) is 2.50. The lowest BCUT2D eigenvalue weighted by Gasteiger charge is -2.34. The van der Waals surface area contributed by atoms with Gasteiger partial charge in [-0.3, -0.25) is 9.59 Å². The third-order valence-corrected chi connectivity index (χ3v) is 4.07. The molecule has 5 nitrogen and oxygen atoms in total. The molecule has 2 atom stereocenters. The van der Waals surface area contributed by atoms with Crippen molar-refractivity contribution < 1.29 is 9.59 Å². The number of para-hydroxylation sites is 1. The number of anilines is 1. The molecule has 2 amide bonds. The predicted molar refractivity (Wildman–Crippen MR) is 83.0 cm³/mol. The molecule has 1 aromatic carbocycles. The Morgan fingerprint density at radius 1 is 1.38 bits per heavy atom. The number of fused-ring (bicyclic) bond motifs is 1. The van der Waals surface area contributed by atoms with E-state index in [1.54, 1.807) is 11.9 Å². The van der Waals surface area contributed by atoms with Gasteiger partial charge in [0.2, 0.25) is 11.8 Å². The molecule has 0 fully saturated rings. The van der Waals surface area contributed by atoms with Crippen molar-refractivity contribution in [3.63, 3.8) is 0 Å². The highest BCUT2D eigenvalue weighted by Crippen LogP contribution is 2.29. The van der Waals surface area contributed by atoms with Crippen LogP contribution in [0.25, 0.3) is 0 Å². The molecular formula is C16H23N3O2. The van der Waals surface area contributed by atoms with Crippen LogP contribution in [0.15, 0.2) is 24.3 Å². The van der Waals surface area contributed by atoms with Gasteiger partial charge in [-0.05, 0) is 31.9 Å². The van der Waals surface area contributed by atoms with Crippen LogP contribution in [-0.2, 0) is 16.0 Å². The molecule has 0 aliphatic carbocycles. The number of hydrogen-bond acceptors (Lipinski definition) is 3. The minimum Gasteiger partial charge on any atom is -0.382 e. The van der Waals surface area contributed by atoms with Gasteiger partial charge in [-0.25, -0.2) is 0 Å². The number of hydrogen-bond donors (Lipinski definition) is 2. The molecule has 0 spiro atoms. The van der Waals surface area contributed by atoms with Gasteiger partial charge in [0.25, 0.3) is 0 Å². The van der Waals surface area contributed by atoms with Crippen molar-refractivity contribution in [2.75, 3.05) is 25.5 Å². The van der Waals surface area contributed by atoms with Crippen LogP contribution >= 0.6 is 0 Å². The van der Waals surface area contributed by atoms with Crippen molar-refractivity contribution in [1.29, 1.82) is 0 Å². The van der Waals surface area contributed by atoms with Gasteiger partial charge >= 0.3 is 0 Å². The number of rotatable bonds is 4. The lowest BCUT2D eigenvalue weighted by molar-refractivity contribution is -0.139. The summed E-state index contributed by atoms with van der Waals surface area (Å²) in [6.07, 6.45) is 0.716. The average molecular weight is 289 g/mol. The first-order valence-electron chi connectivity index (χ1n) is 7.40. The second-order valence-corrected chi connectivity index (χ2v) is 5.43. The highest BCUT2D eigenvalue weighted by atomic mass is 16.2. The second kappa shape index (κ2) is 6.61. The monoisotopic (exact) mass is 289 g/mol. The van der Waals surface area contributed by atoms with Gasteiger partial charge in [0.1, 0.15) is 0 Å². The van der Waals surface area contributed by atoms with Crippen LogP contribution in [0.4, 0.5) is 5.69 Å². The van der Waals surface area contributed by atoms with E-state index in [4.69, 9.17) is 0 Å². The second-order valence-electron chi connectivity index (χ2n) is 5.43. The molecule has 114 valence electrons. The molecule has 2 rings (SSSR count). The van der Waals surface area contributed by atoms with E-state index in [0.29, 0.717) is 13.0 Å². The van der Waals surface area contributed by atoms with Gasteiger partial charge in [-0.1, -0.05) is 18.2 Å². The smallest absolute Gasteiger partial charge is 0.239 e. The first-order valence-corrected chi connectivity index (χ1v) is 7.40. The summed E-state index contributed by atoms with van der Waals surface area (Å²) in [5.74, 6) is -0.234. The molecule has 21 heavy (non-hydrogen) atoms. The Labute approximate surface area is 125 Å². The van der Waals surface area contributed by atoms with E-state index in [-0.39, 0.29) is 30.3 Å². The lowest BCUT2D eigenvalue weighted by Crippen LogP contribution is -2.48. The molecule has 1 aromatic rings. The van der Waals surface area contributed by atoms with Gasteiger partial charge < -0.3 is 15.5 Å². The highest BCUT2D eigenvalue weighted by Gasteiger charge is 2.33. The summed E-state index contributed by atoms with van der Waals surface area (Å²) < 4.78 is 0. The third-order valence-electron chi connectivity index (χ3n) is 4.07. The number of carbonyl (C=O) groups is 2. The molecule has 0 bridgehead atoms. The number of benzene rings is 1. The molecule has 0 aromatic heterocycles. The van der Waals surface area contributed by atoms with Crippen LogP contribution in [0.5, 0.6) is 0 Å². The highest BCUT2D eigenvalue weighted by molar-refractivity contribution is 5.87. The molecule has 0 radical (unpaired) electrons. The van der Waals surface area contributed by atoms with Crippen LogP contribution < -0.4 is 10.6 Å². The van der Waals surface area contributed by atoms with Crippen molar-refractivity contribution in [3.05, 3.63) is 29.8 Å². The van der Waals surface area contributed by atoms with E-state index in [1.807, 2.05) is 38.1 Å². The van der Waals surface area contributed by atoms with Crippen LogP contribution in [0, 0.1) is 5.92 Å². The first-order chi connectivity index (χ1) is 10.1. The van der Waals surface area contributed by atoms with Gasteiger partial charge in [0, 0.05) is 25.3 Å². The summed E-state index contributed by atoms with van der Waals surface area (Å²) in [4.78, 5) is 25.9. The quantitative estimate of drug-likeness (QED) is 0.877. The number of likely N-dealkylation sites (N-methyl/N-ethyl adjacent to an activating group) is 2. The summed E-state index contributed by atoms with van der Waals surface area (Å²) in [6.45, 7) is 4.58. The van der Waals surface area contributed by atoms with Gasteiger partial charge in [0.05, 0.1) is 12.5 Å². The normalized spacial score (nSPS) is 20.1. The van der Waals surface area contributed by atoms with E-state index in [1.165, 1.54) is 0 Å². The summed E-state index contributed by atoms with van der Waals surface area (Å²) in [5.41, 5.74) is 2.26. The Kier molecular flexibility index (Phi) is 4.83. The van der Waals surface area contributed by atoms with Crippen molar-refractivity contribution in [2.24, 2.45) is 5.92 Å². The SMILES string of the molecule is CCN(CC(=O)NC)C(=O)C1Cc2ccccc2NC1C. The zero-order valence-electron chi connectivity index (χ0n) is 12.8. The maximum absolute atomic E-state index is 12.7. The Bertz CT molecular complexity index is 530. The predicted octanol–water partition coefficient (Wildman–Crippen LogP) is 1.25. The summed E-state index contributed by atoms with van der Waals surface area (Å²) >= 11 is 0. The number of nitrogens with zero attached hydrogens (tertiary/aromatic N) is 1. The van der Waals surface area contributed by atoms with Crippen molar-refractivity contribution >= 4 is 17.5 Å². The summed E-state index contributed by atoms with van der Waals surface area (Å²) in [5, 5.41) is 5.96. The molecule has 0 saturated heterocycles. The van der Waals surface area contributed by atoms with Crippen molar-refractivity contribution in [2.45, 2.75) is 26.3 Å². The van der Waals surface area contributed by atoms with E-state index < -0.39 is 0 Å². The molecule has 0 saturated carbocycles. The molecule has 1 aliphatic heterocycles. The van der Waals surface area contributed by atoms with Crippen molar-refractivity contribution in [1.82, 2.24) is 10.2 Å². The zero-order valence-corrected chi connectivity index (χ0v) is 12.8. The van der Waals surface area contributed by atoms with Crippen molar-refractivity contribution in [3.8, 4) is 0 Å². The van der Waals surface area contributed by atoms with Crippen LogP contribution in [-0.4, -0.2) is 42.9 Å². The molecule has 2 unspecified atom stereocenters. The molecule has 1 aliphatic rings. The number of nitrogens with one attached hydrogen (secondary N) is 2. The van der Waals surface area contributed by atoms with Crippen LogP contribution in [0.2, 0.25) is 0 Å². The Balaban J connectivity index is 2.13. The number of carbonyl (C=O) groups excluding carboxylic acids is 2. The summed E-state index contributed by atoms with van der Waals surface area (Å²) in [6, 6.07) is 8.12. The van der Waals surface area contributed by atoms with Gasteiger partial charge in [-0.2, -0.15) is 0 Å². The minimum atomic E-state index is -0.137. The fourth-order valence-corrected chi connectivity index (χ4v) is 2.73. The Morgan fingerprint density at radius 3 is 2.76 bits per heavy atom. The number of amides is 2. The third kappa shape index (κ3) is 3.35. The molecule has 1 heterocycles. The minimum absolute atomic E-state index is 0.0376. The van der Waals surface area contributed by atoms with E-state index in [9.17, 15) is 9.59 Å². The first kappa shape index (κ1) is 15.4. The fraction of sp³-hybridized carbons (Fsp3) is 0.500. The maximum atomic E-state index is 12.7. The maximum Gasteiger partial charge on any atom is 0.239 e. The summed E-state index contributed by atoms with van der Waals surface area (Å²) in [7, 11) is 1.59. The molecular weight excluding hydrogens is 266 g/mol. The van der Waals surface area contributed by atoms with E-state index in [0.717, 1.165) is 11.3 Å². The van der Waals surface area contributed by atoms with Crippen LogP contribution in [0.3, 0.4) is 0 Å². The fourth-order valence-electron chi connectivity index (χ4n) is 2.73. The van der Waals surface area contributed by atoms with Crippen LogP contribution in [0.1, 0.15) is 19.4 Å². The lowest BCUT2D eigenvalue weighted by atomic mass is 9.87. The van der Waals surface area contributed by atoms with E-state index in [2.05, 4.69) is 10.6 Å². The topological polar surface area (TPSA) is 61.4 Å².